The molecule has 3 heterocycles. The second-order valence-corrected chi connectivity index (χ2v) is 7.29. The molecule has 8 nitrogen and oxygen atoms in total. The third kappa shape index (κ3) is 3.35. The largest absolute Gasteiger partial charge is 0.497 e. The van der Waals surface area contributed by atoms with Crippen LogP contribution in [-0.4, -0.2) is 47.8 Å². The number of nitrogens with one attached hydrogen (secondary N) is 2. The molecule has 2 N–H and O–H groups in total. The van der Waals surface area contributed by atoms with Crippen LogP contribution in [0.25, 0.3) is 0 Å². The highest BCUT2D eigenvalue weighted by Crippen LogP contribution is 2.42. The quantitative estimate of drug-likeness (QED) is 0.810. The molecule has 0 aliphatic carbocycles. The molecule has 1 saturated heterocycles. The van der Waals surface area contributed by atoms with Gasteiger partial charge in [0.05, 0.1) is 25.7 Å². The number of carbonyl (C=O) groups excluding carboxylic acids is 1. The molecule has 2 aliphatic heterocycles. The molecule has 0 saturated carbocycles. The molecule has 2 aromatic rings. The van der Waals surface area contributed by atoms with Crippen molar-refractivity contribution in [3.05, 3.63) is 61.7 Å². The first-order chi connectivity index (χ1) is 13.5. The number of H-pyrrole nitrogens is 2. The van der Waals surface area contributed by atoms with E-state index in [0.717, 1.165) is 12.2 Å². The van der Waals surface area contributed by atoms with Gasteiger partial charge in [0.25, 0.3) is 11.1 Å². The molecule has 28 heavy (non-hydrogen) atoms. The highest BCUT2D eigenvalue weighted by atomic mass is 16.5. The first-order valence-corrected chi connectivity index (χ1v) is 9.41. The number of hydrogen-bond donors (Lipinski definition) is 2. The van der Waals surface area contributed by atoms with Gasteiger partial charge in [0.1, 0.15) is 5.75 Å². The average molecular weight is 385 g/mol. The Bertz CT molecular complexity index is 1000. The molecule has 8 heteroatoms. The summed E-state index contributed by atoms with van der Waals surface area (Å²) in [7, 11) is 1.66. The first-order valence-electron chi connectivity index (χ1n) is 9.41. The topological polar surface area (TPSA) is 104 Å². The minimum atomic E-state index is -0.445. The number of aromatic nitrogens is 2. The minimum Gasteiger partial charge on any atom is -0.497 e. The van der Waals surface area contributed by atoms with E-state index in [1.165, 1.54) is 17.2 Å². The van der Waals surface area contributed by atoms with Crippen LogP contribution in [0.3, 0.4) is 0 Å². The van der Waals surface area contributed by atoms with Crippen LogP contribution in [0.15, 0.2) is 33.9 Å². The Labute approximate surface area is 161 Å². The van der Waals surface area contributed by atoms with E-state index >= 15 is 0 Å². The number of benzene rings is 1. The van der Waals surface area contributed by atoms with Gasteiger partial charge in [0.2, 0.25) is 5.91 Å². The number of carbonyl (C=O) groups is 1. The van der Waals surface area contributed by atoms with Crippen LogP contribution >= 0.6 is 0 Å². The van der Waals surface area contributed by atoms with Gasteiger partial charge in [0.15, 0.2) is 0 Å². The number of likely N-dealkylation sites (tertiary alicyclic amines) is 1. The van der Waals surface area contributed by atoms with Gasteiger partial charge in [-0.15, -0.1) is 0 Å². The van der Waals surface area contributed by atoms with Crippen molar-refractivity contribution in [2.75, 3.05) is 26.8 Å². The van der Waals surface area contributed by atoms with Gasteiger partial charge in [-0.1, -0.05) is 6.07 Å². The smallest absolute Gasteiger partial charge is 0.266 e. The zero-order chi connectivity index (χ0) is 19.7. The molecule has 1 spiro atoms. The molecule has 0 atom stereocenters. The summed E-state index contributed by atoms with van der Waals surface area (Å²) >= 11 is 0. The maximum atomic E-state index is 12.6. The van der Waals surface area contributed by atoms with Crippen LogP contribution in [0.1, 0.15) is 29.5 Å². The van der Waals surface area contributed by atoms with Crippen molar-refractivity contribution >= 4 is 5.91 Å². The fraction of sp³-hybridized carbons (Fsp3) is 0.450. The maximum Gasteiger partial charge on any atom is 0.266 e. The number of piperidine rings is 1. The maximum absolute atomic E-state index is 12.6. The lowest BCUT2D eigenvalue weighted by Gasteiger charge is -2.45. The Balaban J connectivity index is 1.48. The summed E-state index contributed by atoms with van der Waals surface area (Å²) in [5.41, 5.74) is 1.35. The van der Waals surface area contributed by atoms with E-state index in [2.05, 4.69) is 22.3 Å². The predicted octanol–water partition coefficient (Wildman–Crippen LogP) is 0.705. The van der Waals surface area contributed by atoms with Crippen LogP contribution < -0.4 is 15.9 Å². The number of amides is 1. The van der Waals surface area contributed by atoms with Crippen molar-refractivity contribution in [3.8, 4) is 5.75 Å². The molecule has 1 amide bonds. The molecule has 1 aromatic carbocycles. The monoisotopic (exact) mass is 385 g/mol. The van der Waals surface area contributed by atoms with Gasteiger partial charge >= 0.3 is 0 Å². The van der Waals surface area contributed by atoms with Gasteiger partial charge in [0, 0.05) is 24.7 Å². The van der Waals surface area contributed by atoms with Gasteiger partial charge in [-0.25, -0.2) is 0 Å². The lowest BCUT2D eigenvalue weighted by Crippen LogP contribution is -2.49. The van der Waals surface area contributed by atoms with E-state index < -0.39 is 11.1 Å². The van der Waals surface area contributed by atoms with E-state index in [1.807, 2.05) is 6.07 Å². The Morgan fingerprint density at radius 1 is 1.21 bits per heavy atom. The second kappa shape index (κ2) is 7.27. The van der Waals surface area contributed by atoms with E-state index in [1.54, 1.807) is 12.0 Å². The standard InChI is InChI=1S/C20H23N3O5/c1-27-15-2-3-16-13(10-15)4-9-28-20(16)5-7-23(8-6-20)18(25)12-14-11-17(24)21-22-19(14)26/h2-3,10-11H,4-9,12H2,1H3,(H,21,24)(H,22,26). The Kier molecular flexibility index (Phi) is 4.80. The Morgan fingerprint density at radius 3 is 2.75 bits per heavy atom. The molecule has 0 bridgehead atoms. The molecule has 148 valence electrons. The third-order valence-electron chi connectivity index (χ3n) is 5.71. The van der Waals surface area contributed by atoms with Crippen molar-refractivity contribution in [2.45, 2.75) is 31.3 Å². The van der Waals surface area contributed by atoms with Gasteiger partial charge in [-0.2, -0.15) is 0 Å². The summed E-state index contributed by atoms with van der Waals surface area (Å²) in [6, 6.07) is 7.26. The molecular formula is C20H23N3O5. The summed E-state index contributed by atoms with van der Waals surface area (Å²) in [6.45, 7) is 1.74. The number of fused-ring (bicyclic) bond motifs is 2. The summed E-state index contributed by atoms with van der Waals surface area (Å²) in [4.78, 5) is 37.6. The van der Waals surface area contributed by atoms with Crippen molar-refractivity contribution < 1.29 is 14.3 Å². The zero-order valence-corrected chi connectivity index (χ0v) is 15.7. The van der Waals surface area contributed by atoms with Crippen LogP contribution in [0.5, 0.6) is 5.75 Å². The van der Waals surface area contributed by atoms with Crippen molar-refractivity contribution in [1.29, 1.82) is 0 Å². The summed E-state index contributed by atoms with van der Waals surface area (Å²) in [6.07, 6.45) is 2.16. The highest BCUT2D eigenvalue weighted by Gasteiger charge is 2.41. The number of aromatic amines is 2. The number of rotatable bonds is 3. The first kappa shape index (κ1) is 18.5. The third-order valence-corrected chi connectivity index (χ3v) is 5.71. The number of hydrogen-bond acceptors (Lipinski definition) is 5. The SMILES string of the molecule is COc1ccc2c(c1)CCOC21CCN(C(=O)Cc2cc(=O)[nH][nH]c2=O)CC1. The highest BCUT2D eigenvalue weighted by molar-refractivity contribution is 5.78. The molecular weight excluding hydrogens is 362 g/mol. The predicted molar refractivity (Wildman–Crippen MR) is 102 cm³/mol. The van der Waals surface area contributed by atoms with Gasteiger partial charge in [-0.05, 0) is 42.5 Å². The van der Waals surface area contributed by atoms with Crippen molar-refractivity contribution in [1.82, 2.24) is 15.1 Å². The molecule has 1 fully saturated rings. The zero-order valence-electron chi connectivity index (χ0n) is 15.7. The molecule has 0 unspecified atom stereocenters. The molecule has 0 radical (unpaired) electrons. The second-order valence-electron chi connectivity index (χ2n) is 7.29. The fourth-order valence-electron chi connectivity index (χ4n) is 4.18. The van der Waals surface area contributed by atoms with Gasteiger partial charge in [-0.3, -0.25) is 24.6 Å². The van der Waals surface area contributed by atoms with Crippen molar-refractivity contribution in [2.24, 2.45) is 0 Å². The lowest BCUT2D eigenvalue weighted by atomic mass is 9.79. The summed E-state index contributed by atoms with van der Waals surface area (Å²) < 4.78 is 11.5. The summed E-state index contributed by atoms with van der Waals surface area (Å²) in [5.74, 6) is 0.684. The van der Waals surface area contributed by atoms with E-state index in [4.69, 9.17) is 9.47 Å². The Hall–Kier alpha value is -2.87. The van der Waals surface area contributed by atoms with Crippen molar-refractivity contribution in [3.63, 3.8) is 0 Å². The molecule has 1 aromatic heterocycles. The molecule has 4 rings (SSSR count). The number of nitrogens with zero attached hydrogens (tertiary/aromatic N) is 1. The summed E-state index contributed by atoms with van der Waals surface area (Å²) in [5, 5.41) is 4.45. The van der Waals surface area contributed by atoms with Crippen LogP contribution in [-0.2, 0) is 28.0 Å². The van der Waals surface area contributed by atoms with Gasteiger partial charge < -0.3 is 14.4 Å². The van der Waals surface area contributed by atoms with Crippen LogP contribution in [0.4, 0.5) is 0 Å². The van der Waals surface area contributed by atoms with Crippen LogP contribution in [0, 0.1) is 0 Å². The normalized spacial score (nSPS) is 18.0. The number of methoxy groups -OCH3 is 1. The molecule has 2 aliphatic rings. The number of ether oxygens (including phenoxy) is 2. The lowest BCUT2D eigenvalue weighted by molar-refractivity contribution is -0.140. The minimum absolute atomic E-state index is 0.0824. The van der Waals surface area contributed by atoms with E-state index in [0.29, 0.717) is 32.5 Å². The van der Waals surface area contributed by atoms with E-state index in [9.17, 15) is 14.4 Å². The average Bonchev–Trinajstić information content (AvgIpc) is 2.71. The fourth-order valence-corrected chi connectivity index (χ4v) is 4.18. The Morgan fingerprint density at radius 2 is 2.00 bits per heavy atom. The van der Waals surface area contributed by atoms with Crippen LogP contribution in [0.2, 0.25) is 0 Å². The van der Waals surface area contributed by atoms with E-state index in [-0.39, 0.29) is 23.5 Å².